The van der Waals surface area contributed by atoms with Crippen LogP contribution in [0.1, 0.15) is 12.0 Å². The highest BCUT2D eigenvalue weighted by atomic mass is 32.2. The van der Waals surface area contributed by atoms with Gasteiger partial charge in [0.15, 0.2) is 11.5 Å². The smallest absolute Gasteiger partial charge is 0.266 e. The molecule has 0 N–H and O–H groups in total. The number of rotatable bonds is 4. The van der Waals surface area contributed by atoms with Crippen molar-refractivity contribution in [1.29, 1.82) is 0 Å². The van der Waals surface area contributed by atoms with Crippen LogP contribution in [0.25, 0.3) is 6.08 Å². The molecule has 1 amide bonds. The van der Waals surface area contributed by atoms with Crippen molar-refractivity contribution in [2.75, 3.05) is 13.3 Å². The standard InChI is InChI=1S/C14H11NO5S2/c16-12(17)3-4-15-13(18)11(22-14(15)21)6-8-1-2-9-10(5-8)20-7-19-9/h1-2,5-6H,3-4,7H2,(H,16,17)/p-1. The van der Waals surface area contributed by atoms with E-state index in [0.29, 0.717) is 20.7 Å². The van der Waals surface area contributed by atoms with Crippen LogP contribution < -0.4 is 14.6 Å². The number of ether oxygens (including phenoxy) is 2. The molecule has 2 aliphatic rings. The van der Waals surface area contributed by atoms with Gasteiger partial charge in [-0.3, -0.25) is 9.69 Å². The summed E-state index contributed by atoms with van der Waals surface area (Å²) in [6, 6.07) is 5.35. The number of nitrogens with zero attached hydrogens (tertiary/aromatic N) is 1. The maximum Gasteiger partial charge on any atom is 0.266 e. The number of hydrogen-bond donors (Lipinski definition) is 0. The molecular weight excluding hydrogens is 326 g/mol. The number of carboxylic acid groups (broad SMARTS) is 1. The fourth-order valence-electron chi connectivity index (χ4n) is 2.05. The van der Waals surface area contributed by atoms with Crippen molar-refractivity contribution < 1.29 is 24.2 Å². The number of carbonyl (C=O) groups is 2. The van der Waals surface area contributed by atoms with Crippen molar-refractivity contribution in [3.8, 4) is 11.5 Å². The highest BCUT2D eigenvalue weighted by Crippen LogP contribution is 2.36. The van der Waals surface area contributed by atoms with Crippen LogP contribution >= 0.6 is 24.0 Å². The van der Waals surface area contributed by atoms with Crippen LogP contribution in [0.3, 0.4) is 0 Å². The lowest BCUT2D eigenvalue weighted by molar-refractivity contribution is -0.305. The van der Waals surface area contributed by atoms with Crippen LogP contribution in [-0.4, -0.2) is 34.4 Å². The molecule has 0 saturated carbocycles. The van der Waals surface area contributed by atoms with Gasteiger partial charge in [0.05, 0.1) is 4.91 Å². The Balaban J connectivity index is 1.79. The summed E-state index contributed by atoms with van der Waals surface area (Å²) in [7, 11) is 0. The van der Waals surface area contributed by atoms with E-state index in [1.54, 1.807) is 24.3 Å². The van der Waals surface area contributed by atoms with E-state index in [2.05, 4.69) is 0 Å². The summed E-state index contributed by atoms with van der Waals surface area (Å²) in [6.45, 7) is 0.204. The Hall–Kier alpha value is -2.06. The molecule has 0 aromatic heterocycles. The van der Waals surface area contributed by atoms with Gasteiger partial charge in [-0.2, -0.15) is 0 Å². The number of hydrogen-bond acceptors (Lipinski definition) is 7. The number of thiocarbonyl (C=S) groups is 1. The third-order valence-electron chi connectivity index (χ3n) is 3.11. The number of aliphatic carboxylic acids is 1. The molecule has 3 rings (SSSR count). The number of carbonyl (C=O) groups excluding carboxylic acids is 2. The van der Waals surface area contributed by atoms with Crippen LogP contribution in [0.15, 0.2) is 23.1 Å². The van der Waals surface area contributed by atoms with E-state index in [0.717, 1.165) is 17.3 Å². The largest absolute Gasteiger partial charge is 0.550 e. The maximum absolute atomic E-state index is 12.2. The Bertz CT molecular complexity index is 700. The van der Waals surface area contributed by atoms with Crippen LogP contribution in [-0.2, 0) is 9.59 Å². The van der Waals surface area contributed by atoms with Crippen LogP contribution in [0.5, 0.6) is 11.5 Å². The van der Waals surface area contributed by atoms with Crippen molar-refractivity contribution in [2.45, 2.75) is 6.42 Å². The van der Waals surface area contributed by atoms with Gasteiger partial charge in [0, 0.05) is 18.9 Å². The second kappa shape index (κ2) is 5.98. The summed E-state index contributed by atoms with van der Waals surface area (Å²) in [5.74, 6) is -0.220. The molecule has 114 valence electrons. The second-order valence-corrected chi connectivity index (χ2v) is 6.24. The number of carboxylic acids is 1. The third kappa shape index (κ3) is 2.93. The molecule has 22 heavy (non-hydrogen) atoms. The quantitative estimate of drug-likeness (QED) is 0.593. The van der Waals surface area contributed by atoms with Gasteiger partial charge in [0.1, 0.15) is 4.32 Å². The highest BCUT2D eigenvalue weighted by Gasteiger charge is 2.31. The average Bonchev–Trinajstić information content (AvgIpc) is 3.02. The van der Waals surface area contributed by atoms with E-state index < -0.39 is 5.97 Å². The fraction of sp³-hybridized carbons (Fsp3) is 0.214. The molecule has 0 bridgehead atoms. The topological polar surface area (TPSA) is 78.9 Å². The predicted molar refractivity (Wildman–Crippen MR) is 82.1 cm³/mol. The van der Waals surface area contributed by atoms with Gasteiger partial charge < -0.3 is 19.4 Å². The first kappa shape index (κ1) is 14.9. The summed E-state index contributed by atoms with van der Waals surface area (Å²) in [5, 5.41) is 10.5. The van der Waals surface area contributed by atoms with E-state index in [1.165, 1.54) is 4.90 Å². The molecule has 0 aliphatic carbocycles. The second-order valence-electron chi connectivity index (χ2n) is 4.57. The molecule has 1 saturated heterocycles. The minimum absolute atomic E-state index is 0.0193. The first-order chi connectivity index (χ1) is 10.5. The minimum atomic E-state index is -1.21. The summed E-state index contributed by atoms with van der Waals surface area (Å²) in [6.07, 6.45) is 1.45. The predicted octanol–water partition coefficient (Wildman–Crippen LogP) is 0.756. The van der Waals surface area contributed by atoms with Crippen LogP contribution in [0, 0.1) is 0 Å². The lowest BCUT2D eigenvalue weighted by Crippen LogP contribution is -2.33. The van der Waals surface area contributed by atoms with E-state index in [-0.39, 0.29) is 25.7 Å². The molecule has 8 heteroatoms. The van der Waals surface area contributed by atoms with Crippen LogP contribution in [0.4, 0.5) is 0 Å². The molecule has 2 aliphatic heterocycles. The average molecular weight is 336 g/mol. The zero-order valence-electron chi connectivity index (χ0n) is 11.2. The molecule has 2 heterocycles. The van der Waals surface area contributed by atoms with Gasteiger partial charge in [-0.25, -0.2) is 0 Å². The molecular formula is C14H10NO5S2-. The summed E-state index contributed by atoms with van der Waals surface area (Å²) >= 11 is 6.26. The molecule has 6 nitrogen and oxygen atoms in total. The highest BCUT2D eigenvalue weighted by molar-refractivity contribution is 8.26. The van der Waals surface area contributed by atoms with Crippen molar-refractivity contribution >= 4 is 46.3 Å². The van der Waals surface area contributed by atoms with E-state index in [4.69, 9.17) is 21.7 Å². The molecule has 1 aromatic carbocycles. The van der Waals surface area contributed by atoms with E-state index in [9.17, 15) is 14.7 Å². The first-order valence-electron chi connectivity index (χ1n) is 6.39. The van der Waals surface area contributed by atoms with Gasteiger partial charge in [0.25, 0.3) is 5.91 Å². The fourth-order valence-corrected chi connectivity index (χ4v) is 3.36. The SMILES string of the molecule is O=C([O-])CCN1C(=O)C(=Cc2ccc3c(c2)OCO3)SC1=S. The van der Waals surface area contributed by atoms with Crippen molar-refractivity contribution in [3.05, 3.63) is 28.7 Å². The Labute approximate surface area is 135 Å². The monoisotopic (exact) mass is 336 g/mol. The molecule has 1 aromatic rings. The lowest BCUT2D eigenvalue weighted by atomic mass is 10.2. The van der Waals surface area contributed by atoms with Gasteiger partial charge in [-0.05, 0) is 23.8 Å². The normalized spacial score (nSPS) is 18.4. The zero-order valence-corrected chi connectivity index (χ0v) is 12.9. The number of amides is 1. The van der Waals surface area contributed by atoms with Gasteiger partial charge in [-0.15, -0.1) is 0 Å². The molecule has 0 unspecified atom stereocenters. The van der Waals surface area contributed by atoms with E-state index >= 15 is 0 Å². The molecule has 0 radical (unpaired) electrons. The summed E-state index contributed by atoms with van der Waals surface area (Å²) < 4.78 is 10.9. The van der Waals surface area contributed by atoms with Crippen molar-refractivity contribution in [3.63, 3.8) is 0 Å². The number of thioether (sulfide) groups is 1. The Kier molecular flexibility index (Phi) is 4.04. The van der Waals surface area contributed by atoms with Crippen molar-refractivity contribution in [1.82, 2.24) is 4.90 Å². The van der Waals surface area contributed by atoms with Gasteiger partial charge in [-0.1, -0.05) is 30.0 Å². The zero-order chi connectivity index (χ0) is 15.7. The Morgan fingerprint density at radius 1 is 1.41 bits per heavy atom. The Morgan fingerprint density at radius 2 is 2.18 bits per heavy atom. The van der Waals surface area contributed by atoms with Gasteiger partial charge in [0.2, 0.25) is 6.79 Å². The lowest BCUT2D eigenvalue weighted by Gasteiger charge is -2.14. The van der Waals surface area contributed by atoms with Crippen LogP contribution in [0.2, 0.25) is 0 Å². The Morgan fingerprint density at radius 3 is 2.95 bits per heavy atom. The third-order valence-corrected chi connectivity index (χ3v) is 4.49. The summed E-state index contributed by atoms with van der Waals surface area (Å²) in [4.78, 5) is 24.5. The number of benzene rings is 1. The molecule has 1 fully saturated rings. The molecule has 0 spiro atoms. The van der Waals surface area contributed by atoms with Gasteiger partial charge >= 0.3 is 0 Å². The summed E-state index contributed by atoms with van der Waals surface area (Å²) in [5.41, 5.74) is 0.782. The molecule has 0 atom stereocenters. The number of fused-ring (bicyclic) bond motifs is 1. The minimum Gasteiger partial charge on any atom is -0.550 e. The van der Waals surface area contributed by atoms with E-state index in [1.807, 2.05) is 0 Å². The maximum atomic E-state index is 12.2. The van der Waals surface area contributed by atoms with Crippen molar-refractivity contribution in [2.24, 2.45) is 0 Å². The first-order valence-corrected chi connectivity index (χ1v) is 7.62.